The van der Waals surface area contributed by atoms with Crippen LogP contribution in [0, 0.1) is 0 Å². The lowest BCUT2D eigenvalue weighted by molar-refractivity contribution is -0.138. The number of nitrogen functional groups attached to an aromatic ring is 1. The van der Waals surface area contributed by atoms with Crippen molar-refractivity contribution >= 4 is 29.2 Å². The summed E-state index contributed by atoms with van der Waals surface area (Å²) in [4.78, 5) is 33.4. The second-order valence-corrected chi connectivity index (χ2v) is 4.06. The van der Waals surface area contributed by atoms with Crippen LogP contribution in [0.2, 0.25) is 0 Å². The molecular formula is C12H15N3O4. The Morgan fingerprint density at radius 2 is 1.89 bits per heavy atom. The molecule has 1 aromatic carbocycles. The van der Waals surface area contributed by atoms with E-state index in [1.807, 2.05) is 0 Å². The Labute approximate surface area is 109 Å². The molecule has 1 atom stereocenters. The van der Waals surface area contributed by atoms with Crippen LogP contribution in [-0.2, 0) is 9.59 Å². The fourth-order valence-corrected chi connectivity index (χ4v) is 1.40. The van der Waals surface area contributed by atoms with E-state index in [1.165, 1.54) is 32.0 Å². The predicted octanol–water partition coefficient (Wildman–Crippen LogP) is 0.430. The minimum atomic E-state index is -1.14. The van der Waals surface area contributed by atoms with E-state index >= 15 is 0 Å². The number of nitrogens with two attached hydrogens (primary N) is 1. The maximum Gasteiger partial charge on any atom is 0.325 e. The first-order valence-corrected chi connectivity index (χ1v) is 5.51. The number of rotatable bonds is 4. The summed E-state index contributed by atoms with van der Waals surface area (Å²) < 4.78 is 0. The first kappa shape index (κ1) is 14.5. The van der Waals surface area contributed by atoms with Crippen molar-refractivity contribution in [1.29, 1.82) is 0 Å². The van der Waals surface area contributed by atoms with Gasteiger partial charge in [-0.2, -0.15) is 0 Å². The van der Waals surface area contributed by atoms with Gasteiger partial charge in [-0.3, -0.25) is 14.4 Å². The largest absolute Gasteiger partial charge is 0.480 e. The standard InChI is InChI=1S/C12H15N3O4/c1-6(12(18)19)14-11(17)8-3-9(13)5-10(4-8)15-7(2)16/h3-6H,13H2,1-2H3,(H,14,17)(H,15,16)(H,18,19). The van der Waals surface area contributed by atoms with E-state index in [1.54, 1.807) is 0 Å². The number of benzene rings is 1. The van der Waals surface area contributed by atoms with Crippen molar-refractivity contribution in [1.82, 2.24) is 5.32 Å². The minimum absolute atomic E-state index is 0.178. The van der Waals surface area contributed by atoms with Crippen molar-refractivity contribution in [3.05, 3.63) is 23.8 Å². The number of carboxylic acids is 1. The second kappa shape index (κ2) is 5.85. The van der Waals surface area contributed by atoms with Crippen LogP contribution in [0.3, 0.4) is 0 Å². The van der Waals surface area contributed by atoms with Crippen LogP contribution in [0.1, 0.15) is 24.2 Å². The number of carbonyl (C=O) groups is 3. The quantitative estimate of drug-likeness (QED) is 0.588. The fourth-order valence-electron chi connectivity index (χ4n) is 1.40. The van der Waals surface area contributed by atoms with Crippen molar-refractivity contribution in [2.45, 2.75) is 19.9 Å². The summed E-state index contributed by atoms with van der Waals surface area (Å²) >= 11 is 0. The van der Waals surface area contributed by atoms with E-state index in [9.17, 15) is 14.4 Å². The number of aliphatic carboxylic acids is 1. The zero-order valence-electron chi connectivity index (χ0n) is 10.6. The van der Waals surface area contributed by atoms with E-state index in [-0.39, 0.29) is 11.5 Å². The lowest BCUT2D eigenvalue weighted by Gasteiger charge is -2.11. The topological polar surface area (TPSA) is 122 Å². The lowest BCUT2D eigenvalue weighted by atomic mass is 10.1. The molecule has 0 aromatic heterocycles. The summed E-state index contributed by atoms with van der Waals surface area (Å²) in [6.07, 6.45) is 0. The van der Waals surface area contributed by atoms with Gasteiger partial charge in [0.1, 0.15) is 6.04 Å². The molecule has 0 spiro atoms. The van der Waals surface area contributed by atoms with Crippen molar-refractivity contribution in [3.63, 3.8) is 0 Å². The van der Waals surface area contributed by atoms with E-state index in [0.717, 1.165) is 0 Å². The molecule has 7 nitrogen and oxygen atoms in total. The SMILES string of the molecule is CC(=O)Nc1cc(N)cc(C(=O)NC(C)C(=O)O)c1. The van der Waals surface area contributed by atoms with Gasteiger partial charge in [-0.1, -0.05) is 0 Å². The highest BCUT2D eigenvalue weighted by Gasteiger charge is 2.16. The van der Waals surface area contributed by atoms with Crippen LogP contribution < -0.4 is 16.4 Å². The molecule has 0 aliphatic heterocycles. The Kier molecular flexibility index (Phi) is 4.46. The van der Waals surface area contributed by atoms with Crippen LogP contribution in [0.15, 0.2) is 18.2 Å². The molecule has 1 unspecified atom stereocenters. The molecular weight excluding hydrogens is 250 g/mol. The molecule has 0 fully saturated rings. The summed E-state index contributed by atoms with van der Waals surface area (Å²) in [5.74, 6) is -2.01. The van der Waals surface area contributed by atoms with Crippen molar-refractivity contribution in [2.75, 3.05) is 11.1 Å². The third-order valence-electron chi connectivity index (χ3n) is 2.26. The molecule has 0 aliphatic rings. The highest BCUT2D eigenvalue weighted by molar-refractivity contribution is 5.99. The smallest absolute Gasteiger partial charge is 0.325 e. The van der Waals surface area contributed by atoms with Crippen LogP contribution in [0.5, 0.6) is 0 Å². The van der Waals surface area contributed by atoms with Crippen LogP contribution in [0.4, 0.5) is 11.4 Å². The molecule has 5 N–H and O–H groups in total. The molecule has 0 heterocycles. The van der Waals surface area contributed by atoms with Gasteiger partial charge in [0.05, 0.1) is 0 Å². The number of amides is 2. The summed E-state index contributed by atoms with van der Waals surface area (Å²) in [5.41, 5.74) is 6.46. The predicted molar refractivity (Wildman–Crippen MR) is 69.7 cm³/mol. The van der Waals surface area contributed by atoms with Gasteiger partial charge >= 0.3 is 5.97 Å². The van der Waals surface area contributed by atoms with E-state index in [4.69, 9.17) is 10.8 Å². The first-order chi connectivity index (χ1) is 8.79. The number of carbonyl (C=O) groups excluding carboxylic acids is 2. The normalized spacial score (nSPS) is 11.5. The third kappa shape index (κ3) is 4.30. The molecule has 0 aliphatic carbocycles. The average Bonchev–Trinajstić information content (AvgIpc) is 2.26. The Hall–Kier alpha value is -2.57. The number of carboxylic acid groups (broad SMARTS) is 1. The van der Waals surface area contributed by atoms with Crippen molar-refractivity contribution < 1.29 is 19.5 Å². The minimum Gasteiger partial charge on any atom is -0.480 e. The number of anilines is 2. The average molecular weight is 265 g/mol. The first-order valence-electron chi connectivity index (χ1n) is 5.51. The van der Waals surface area contributed by atoms with Gasteiger partial charge in [-0.05, 0) is 25.1 Å². The molecule has 19 heavy (non-hydrogen) atoms. The van der Waals surface area contributed by atoms with Crippen LogP contribution in [-0.4, -0.2) is 28.9 Å². The van der Waals surface area contributed by atoms with Gasteiger partial charge in [0.2, 0.25) is 5.91 Å². The summed E-state index contributed by atoms with van der Waals surface area (Å²) in [6.45, 7) is 2.68. The molecule has 1 rings (SSSR count). The molecule has 0 radical (unpaired) electrons. The Balaban J connectivity index is 2.93. The highest BCUT2D eigenvalue weighted by Crippen LogP contribution is 2.16. The second-order valence-electron chi connectivity index (χ2n) is 4.06. The van der Waals surface area contributed by atoms with E-state index in [2.05, 4.69) is 10.6 Å². The Morgan fingerprint density at radius 1 is 1.26 bits per heavy atom. The van der Waals surface area contributed by atoms with Gasteiger partial charge < -0.3 is 21.5 Å². The van der Waals surface area contributed by atoms with Crippen molar-refractivity contribution in [3.8, 4) is 0 Å². The van der Waals surface area contributed by atoms with E-state index < -0.39 is 17.9 Å². The van der Waals surface area contributed by atoms with Crippen LogP contribution in [0.25, 0.3) is 0 Å². The maximum absolute atomic E-state index is 11.8. The summed E-state index contributed by atoms with van der Waals surface area (Å²) in [5, 5.41) is 13.5. The Bertz CT molecular complexity index is 528. The highest BCUT2D eigenvalue weighted by atomic mass is 16.4. The number of nitrogens with one attached hydrogen (secondary N) is 2. The fraction of sp³-hybridized carbons (Fsp3) is 0.250. The molecule has 1 aromatic rings. The van der Waals surface area contributed by atoms with Crippen LogP contribution >= 0.6 is 0 Å². The third-order valence-corrected chi connectivity index (χ3v) is 2.26. The van der Waals surface area contributed by atoms with Crippen molar-refractivity contribution in [2.24, 2.45) is 0 Å². The molecule has 7 heteroatoms. The van der Waals surface area contributed by atoms with Gasteiger partial charge in [0, 0.05) is 23.9 Å². The molecule has 0 saturated carbocycles. The van der Waals surface area contributed by atoms with Gasteiger partial charge in [-0.15, -0.1) is 0 Å². The Morgan fingerprint density at radius 3 is 2.42 bits per heavy atom. The van der Waals surface area contributed by atoms with Gasteiger partial charge in [0.25, 0.3) is 5.91 Å². The number of hydrogen-bond donors (Lipinski definition) is 4. The molecule has 102 valence electrons. The summed E-state index contributed by atoms with van der Waals surface area (Å²) in [6, 6.07) is 3.30. The lowest BCUT2D eigenvalue weighted by Crippen LogP contribution is -2.38. The monoisotopic (exact) mass is 265 g/mol. The molecule has 0 saturated heterocycles. The van der Waals surface area contributed by atoms with E-state index in [0.29, 0.717) is 11.4 Å². The summed E-state index contributed by atoms with van der Waals surface area (Å²) in [7, 11) is 0. The zero-order valence-corrected chi connectivity index (χ0v) is 10.6. The molecule has 0 bridgehead atoms. The number of hydrogen-bond acceptors (Lipinski definition) is 4. The maximum atomic E-state index is 11.8. The van der Waals surface area contributed by atoms with Gasteiger partial charge in [0.15, 0.2) is 0 Å². The van der Waals surface area contributed by atoms with Gasteiger partial charge in [-0.25, -0.2) is 0 Å². The molecule has 2 amide bonds. The zero-order chi connectivity index (χ0) is 14.6.